The highest BCUT2D eigenvalue weighted by atomic mass is 16.5. The Morgan fingerprint density at radius 2 is 1.63 bits per heavy atom. The van der Waals surface area contributed by atoms with Gasteiger partial charge in [-0.3, -0.25) is 24.8 Å². The zero-order valence-corrected chi connectivity index (χ0v) is 17.0. The number of nitrogens with zero attached hydrogens (tertiary/aromatic N) is 2. The lowest BCUT2D eigenvalue weighted by Gasteiger charge is -2.30. The molecule has 0 aliphatic carbocycles. The normalized spacial score (nSPS) is 17.0. The molecule has 3 rings (SSSR count). The summed E-state index contributed by atoms with van der Waals surface area (Å²) in [5.74, 6) is -1.18. The summed E-state index contributed by atoms with van der Waals surface area (Å²) in [5.41, 5.74) is 1.91. The molecule has 1 aliphatic heterocycles. The fraction of sp³-hybridized carbons (Fsp3) is 0.273. The van der Waals surface area contributed by atoms with Gasteiger partial charge in [-0.25, -0.2) is 4.79 Å². The van der Waals surface area contributed by atoms with E-state index in [0.717, 1.165) is 16.0 Å². The summed E-state index contributed by atoms with van der Waals surface area (Å²) in [6.07, 6.45) is 0. The lowest BCUT2D eigenvalue weighted by molar-refractivity contribution is -0.139. The molecule has 2 aromatic carbocycles. The molecule has 0 aromatic heterocycles. The van der Waals surface area contributed by atoms with Gasteiger partial charge in [0.1, 0.15) is 11.5 Å². The number of nitrogens with one attached hydrogen (secondary N) is 1. The highest BCUT2D eigenvalue weighted by Crippen LogP contribution is 2.23. The number of carbonyl (C=O) groups excluding carboxylic acids is 3. The van der Waals surface area contributed by atoms with Gasteiger partial charge in [0, 0.05) is 11.8 Å². The van der Waals surface area contributed by atoms with Crippen LogP contribution in [0.2, 0.25) is 0 Å². The summed E-state index contributed by atoms with van der Waals surface area (Å²) < 4.78 is 10.5. The van der Waals surface area contributed by atoms with Crippen molar-refractivity contribution in [2.75, 3.05) is 14.2 Å². The van der Waals surface area contributed by atoms with Gasteiger partial charge in [0.25, 0.3) is 0 Å². The first-order chi connectivity index (χ1) is 14.4. The predicted molar refractivity (Wildman–Crippen MR) is 110 cm³/mol. The number of hydrogen-bond acceptors (Lipinski definition) is 6. The summed E-state index contributed by atoms with van der Waals surface area (Å²) in [4.78, 5) is 43.0. The van der Waals surface area contributed by atoms with E-state index in [1.54, 1.807) is 39.3 Å². The van der Waals surface area contributed by atoms with Crippen LogP contribution >= 0.6 is 0 Å². The first kappa shape index (κ1) is 21.0. The van der Waals surface area contributed by atoms with Crippen molar-refractivity contribution in [3.63, 3.8) is 0 Å². The molecule has 1 fully saturated rings. The van der Waals surface area contributed by atoms with E-state index in [-0.39, 0.29) is 13.1 Å². The van der Waals surface area contributed by atoms with Crippen LogP contribution in [0.3, 0.4) is 0 Å². The summed E-state index contributed by atoms with van der Waals surface area (Å²) in [7, 11) is 3.10. The van der Waals surface area contributed by atoms with E-state index >= 15 is 0 Å². The molecule has 1 N–H and O–H groups in total. The third kappa shape index (κ3) is 4.65. The molecule has 4 amide bonds. The van der Waals surface area contributed by atoms with Crippen molar-refractivity contribution < 1.29 is 23.9 Å². The van der Waals surface area contributed by atoms with E-state index in [0.29, 0.717) is 17.2 Å². The molecule has 0 radical (unpaired) electrons. The molecule has 1 heterocycles. The van der Waals surface area contributed by atoms with E-state index in [1.807, 2.05) is 30.3 Å². The minimum absolute atomic E-state index is 0.0790. The Morgan fingerprint density at radius 3 is 2.23 bits per heavy atom. The van der Waals surface area contributed by atoms with Crippen LogP contribution in [-0.2, 0) is 22.7 Å². The number of urea groups is 1. The molecule has 2 aromatic rings. The van der Waals surface area contributed by atoms with Gasteiger partial charge < -0.3 is 9.47 Å². The number of barbiturate groups is 1. The number of ether oxygens (including phenoxy) is 2. The molecular formula is C22H23N3O5. The Hall–Kier alpha value is -3.68. The smallest absolute Gasteiger partial charge is 0.331 e. The zero-order valence-electron chi connectivity index (χ0n) is 17.0. The largest absolute Gasteiger partial charge is 0.497 e. The van der Waals surface area contributed by atoms with E-state index < -0.39 is 23.8 Å². The third-order valence-electron chi connectivity index (χ3n) is 4.77. The fourth-order valence-electron chi connectivity index (χ4n) is 3.16. The van der Waals surface area contributed by atoms with E-state index in [4.69, 9.17) is 9.47 Å². The van der Waals surface area contributed by atoms with Gasteiger partial charge in [-0.2, -0.15) is 0 Å². The molecule has 8 heteroatoms. The van der Waals surface area contributed by atoms with Gasteiger partial charge >= 0.3 is 6.03 Å². The average Bonchev–Trinajstić information content (AvgIpc) is 2.75. The number of imide groups is 2. The second-order valence-corrected chi connectivity index (χ2v) is 6.82. The first-order valence-corrected chi connectivity index (χ1v) is 9.36. The van der Waals surface area contributed by atoms with Crippen LogP contribution in [-0.4, -0.2) is 42.7 Å². The summed E-state index contributed by atoms with van der Waals surface area (Å²) in [6, 6.07) is 13.7. The first-order valence-electron chi connectivity index (χ1n) is 9.36. The molecule has 1 saturated heterocycles. The molecule has 1 atom stereocenters. The van der Waals surface area contributed by atoms with E-state index in [2.05, 4.69) is 10.3 Å². The van der Waals surface area contributed by atoms with Crippen molar-refractivity contribution in [2.24, 2.45) is 10.9 Å². The van der Waals surface area contributed by atoms with Gasteiger partial charge in [-0.05, 0) is 30.2 Å². The van der Waals surface area contributed by atoms with Gasteiger partial charge in [-0.15, -0.1) is 0 Å². The van der Waals surface area contributed by atoms with Gasteiger partial charge in [0.2, 0.25) is 11.8 Å². The molecular weight excluding hydrogens is 386 g/mol. The number of hydrogen-bond donors (Lipinski definition) is 1. The van der Waals surface area contributed by atoms with Crippen molar-refractivity contribution >= 4 is 23.6 Å². The SMILES string of the molecule is COc1cc(CN=C(C)C2C(=O)NC(=O)N(Cc3ccccc3)C2=O)cc(OC)c1. The quantitative estimate of drug-likeness (QED) is 0.560. The number of methoxy groups -OCH3 is 2. The predicted octanol–water partition coefficient (Wildman–Crippen LogP) is 2.56. The maximum atomic E-state index is 12.9. The summed E-state index contributed by atoms with van der Waals surface area (Å²) in [6.45, 7) is 1.91. The Balaban J connectivity index is 1.80. The van der Waals surface area contributed by atoms with Crippen LogP contribution < -0.4 is 14.8 Å². The Kier molecular flexibility index (Phi) is 6.46. The zero-order chi connectivity index (χ0) is 21.7. The lowest BCUT2D eigenvalue weighted by Crippen LogP contribution is -2.59. The number of benzene rings is 2. The second-order valence-electron chi connectivity index (χ2n) is 6.82. The number of carbonyl (C=O) groups is 3. The van der Waals surface area contributed by atoms with Crippen molar-refractivity contribution in [2.45, 2.75) is 20.0 Å². The highest BCUT2D eigenvalue weighted by molar-refractivity contribution is 6.27. The molecule has 1 unspecified atom stereocenters. The van der Waals surface area contributed by atoms with E-state index in [9.17, 15) is 14.4 Å². The van der Waals surface area contributed by atoms with Gasteiger partial charge in [0.05, 0.1) is 27.3 Å². The highest BCUT2D eigenvalue weighted by Gasteiger charge is 2.41. The molecule has 0 bridgehead atoms. The molecule has 0 spiro atoms. The Bertz CT molecular complexity index is 965. The molecule has 1 aliphatic rings. The number of rotatable bonds is 7. The fourth-order valence-corrected chi connectivity index (χ4v) is 3.16. The number of aliphatic imine (C=N–C) groups is 1. The molecule has 0 saturated carbocycles. The molecule has 30 heavy (non-hydrogen) atoms. The average molecular weight is 409 g/mol. The topological polar surface area (TPSA) is 97.3 Å². The van der Waals surface area contributed by atoms with Crippen LogP contribution in [0.15, 0.2) is 53.5 Å². The van der Waals surface area contributed by atoms with Gasteiger partial charge in [0.15, 0.2) is 5.92 Å². The molecule has 8 nitrogen and oxygen atoms in total. The Labute approximate surface area is 174 Å². The van der Waals surface area contributed by atoms with Crippen LogP contribution in [0.1, 0.15) is 18.1 Å². The monoisotopic (exact) mass is 409 g/mol. The Morgan fingerprint density at radius 1 is 1.00 bits per heavy atom. The summed E-state index contributed by atoms with van der Waals surface area (Å²) >= 11 is 0. The minimum Gasteiger partial charge on any atom is -0.497 e. The lowest BCUT2D eigenvalue weighted by atomic mass is 9.99. The maximum Gasteiger partial charge on any atom is 0.331 e. The van der Waals surface area contributed by atoms with E-state index in [1.165, 1.54) is 0 Å². The van der Waals surface area contributed by atoms with Crippen molar-refractivity contribution in [3.05, 3.63) is 59.7 Å². The summed E-state index contributed by atoms with van der Waals surface area (Å²) in [5, 5.41) is 2.25. The second kappa shape index (κ2) is 9.21. The van der Waals surface area contributed by atoms with Crippen molar-refractivity contribution in [1.82, 2.24) is 10.2 Å². The van der Waals surface area contributed by atoms with Crippen LogP contribution in [0.5, 0.6) is 11.5 Å². The van der Waals surface area contributed by atoms with Crippen LogP contribution in [0.25, 0.3) is 0 Å². The van der Waals surface area contributed by atoms with Crippen molar-refractivity contribution in [1.29, 1.82) is 0 Å². The van der Waals surface area contributed by atoms with Crippen molar-refractivity contribution in [3.8, 4) is 11.5 Å². The van der Waals surface area contributed by atoms with Gasteiger partial charge in [-0.1, -0.05) is 30.3 Å². The molecule has 156 valence electrons. The number of amides is 4. The standard InChI is InChI=1S/C22H23N3O5/c1-14(23-12-16-9-17(29-2)11-18(10-16)30-3)19-20(26)24-22(28)25(21(19)27)13-15-7-5-4-6-8-15/h4-11,19H,12-13H2,1-3H3,(H,24,26,28). The third-order valence-corrected chi connectivity index (χ3v) is 4.77. The maximum absolute atomic E-state index is 12.9. The van der Waals surface area contributed by atoms with Crippen LogP contribution in [0.4, 0.5) is 4.79 Å². The minimum atomic E-state index is -1.15. The van der Waals surface area contributed by atoms with Crippen LogP contribution in [0, 0.1) is 5.92 Å².